The molecule has 1 N–H and O–H groups in total. The summed E-state index contributed by atoms with van der Waals surface area (Å²) < 4.78 is 5.34. The van der Waals surface area contributed by atoms with E-state index in [1.54, 1.807) is 0 Å². The van der Waals surface area contributed by atoms with Crippen molar-refractivity contribution in [3.63, 3.8) is 0 Å². The molecule has 1 aromatic carbocycles. The van der Waals surface area contributed by atoms with Crippen molar-refractivity contribution in [3.05, 3.63) is 35.9 Å². The molecule has 4 heteroatoms. The largest absolute Gasteiger partial charge is 0.461 e. The molecule has 20 heavy (non-hydrogen) atoms. The van der Waals surface area contributed by atoms with E-state index in [1.165, 1.54) is 0 Å². The number of nitrogens with zero attached hydrogens (tertiary/aromatic N) is 1. The highest BCUT2D eigenvalue weighted by molar-refractivity contribution is 5.72. The molecule has 0 spiro atoms. The summed E-state index contributed by atoms with van der Waals surface area (Å²) in [5.41, 5.74) is 1.01. The second-order valence-corrected chi connectivity index (χ2v) is 5.59. The van der Waals surface area contributed by atoms with E-state index in [4.69, 9.17) is 9.84 Å². The van der Waals surface area contributed by atoms with Crippen LogP contribution in [-0.2, 0) is 16.1 Å². The second-order valence-electron chi connectivity index (χ2n) is 5.59. The zero-order chi connectivity index (χ0) is 14.4. The number of benzene rings is 1. The predicted molar refractivity (Wildman–Crippen MR) is 77.0 cm³/mol. The zero-order valence-electron chi connectivity index (χ0n) is 12.0. The molecule has 1 saturated heterocycles. The minimum Gasteiger partial charge on any atom is -0.461 e. The van der Waals surface area contributed by atoms with Crippen LogP contribution in [0.4, 0.5) is 0 Å². The number of carbonyl (C=O) groups excluding carboxylic acids is 1. The molecule has 1 aliphatic rings. The van der Waals surface area contributed by atoms with Gasteiger partial charge in [0, 0.05) is 19.7 Å². The van der Waals surface area contributed by atoms with E-state index in [9.17, 15) is 4.79 Å². The Morgan fingerprint density at radius 1 is 1.45 bits per heavy atom. The molecule has 2 atom stereocenters. The summed E-state index contributed by atoms with van der Waals surface area (Å²) in [5.74, 6) is 0.0833. The predicted octanol–water partition coefficient (Wildman–Crippen LogP) is 1.68. The van der Waals surface area contributed by atoms with Gasteiger partial charge in [0.25, 0.3) is 0 Å². The molecule has 4 nitrogen and oxygen atoms in total. The molecule has 0 amide bonds. The zero-order valence-corrected chi connectivity index (χ0v) is 12.0. The normalized spacial score (nSPS) is 20.8. The first-order valence-corrected chi connectivity index (χ1v) is 7.23. The molecular formula is C16H23NO3. The van der Waals surface area contributed by atoms with Crippen molar-refractivity contribution in [3.8, 4) is 0 Å². The summed E-state index contributed by atoms with van der Waals surface area (Å²) in [4.78, 5) is 14.2. The molecule has 0 saturated carbocycles. The van der Waals surface area contributed by atoms with Crippen molar-refractivity contribution in [1.29, 1.82) is 0 Å². The van der Waals surface area contributed by atoms with Crippen molar-refractivity contribution >= 4 is 5.97 Å². The number of rotatable bonds is 6. The number of aliphatic hydroxyl groups excluding tert-OH is 1. The lowest BCUT2D eigenvalue weighted by Crippen LogP contribution is -2.31. The molecule has 110 valence electrons. The lowest BCUT2D eigenvalue weighted by molar-refractivity contribution is -0.149. The van der Waals surface area contributed by atoms with Gasteiger partial charge in [0.2, 0.25) is 0 Å². The maximum atomic E-state index is 12.0. The number of likely N-dealkylation sites (tertiary alicyclic amines) is 1. The summed E-state index contributed by atoms with van der Waals surface area (Å²) in [5, 5.41) is 9.12. The van der Waals surface area contributed by atoms with Gasteiger partial charge in [-0.25, -0.2) is 0 Å². The van der Waals surface area contributed by atoms with Gasteiger partial charge in [-0.1, -0.05) is 37.3 Å². The third kappa shape index (κ3) is 4.32. The van der Waals surface area contributed by atoms with E-state index in [0.29, 0.717) is 19.1 Å². The lowest BCUT2D eigenvalue weighted by atomic mass is 10.1. The van der Waals surface area contributed by atoms with E-state index < -0.39 is 0 Å². The van der Waals surface area contributed by atoms with Crippen LogP contribution in [0.25, 0.3) is 0 Å². The monoisotopic (exact) mass is 277 g/mol. The average molecular weight is 277 g/mol. The van der Waals surface area contributed by atoms with E-state index in [2.05, 4.69) is 4.90 Å². The Bertz CT molecular complexity index is 421. The van der Waals surface area contributed by atoms with Crippen molar-refractivity contribution in [2.75, 3.05) is 26.2 Å². The van der Waals surface area contributed by atoms with Crippen LogP contribution in [0.1, 0.15) is 18.9 Å². The van der Waals surface area contributed by atoms with Crippen LogP contribution < -0.4 is 0 Å². The smallest absolute Gasteiger partial charge is 0.310 e. The lowest BCUT2D eigenvalue weighted by Gasteiger charge is -2.19. The summed E-state index contributed by atoms with van der Waals surface area (Å²) in [6, 6.07) is 9.71. The molecule has 1 aromatic rings. The van der Waals surface area contributed by atoms with Gasteiger partial charge in [-0.2, -0.15) is 0 Å². The Morgan fingerprint density at radius 2 is 2.20 bits per heavy atom. The van der Waals surface area contributed by atoms with Gasteiger partial charge in [0.05, 0.1) is 5.92 Å². The summed E-state index contributed by atoms with van der Waals surface area (Å²) in [6.45, 7) is 5.03. The fraction of sp³-hybridized carbons (Fsp3) is 0.562. The summed E-state index contributed by atoms with van der Waals surface area (Å²) in [7, 11) is 0. The van der Waals surface area contributed by atoms with Crippen LogP contribution in [0, 0.1) is 11.8 Å². The van der Waals surface area contributed by atoms with E-state index in [1.807, 2.05) is 37.3 Å². The van der Waals surface area contributed by atoms with Gasteiger partial charge in [-0.3, -0.25) is 4.79 Å². The molecule has 0 radical (unpaired) electrons. The number of hydrogen-bond acceptors (Lipinski definition) is 4. The molecule has 2 unspecified atom stereocenters. The van der Waals surface area contributed by atoms with E-state index >= 15 is 0 Å². The van der Waals surface area contributed by atoms with Gasteiger partial charge in [0.1, 0.15) is 6.61 Å². The minimum atomic E-state index is -0.152. The second kappa shape index (κ2) is 7.41. The number of esters is 1. The molecule has 0 bridgehead atoms. The molecular weight excluding hydrogens is 254 g/mol. The Morgan fingerprint density at radius 3 is 2.85 bits per heavy atom. The molecule has 1 heterocycles. The Balaban J connectivity index is 1.72. The maximum Gasteiger partial charge on any atom is 0.310 e. The van der Waals surface area contributed by atoms with Crippen molar-refractivity contribution in [2.45, 2.75) is 20.0 Å². The van der Waals surface area contributed by atoms with Gasteiger partial charge in [-0.15, -0.1) is 0 Å². The van der Waals surface area contributed by atoms with Gasteiger partial charge >= 0.3 is 5.97 Å². The highest BCUT2D eigenvalue weighted by Gasteiger charge is 2.25. The Hall–Kier alpha value is -1.39. The molecule has 1 fully saturated rings. The first kappa shape index (κ1) is 15.0. The minimum absolute atomic E-state index is 0.129. The van der Waals surface area contributed by atoms with Crippen molar-refractivity contribution in [2.24, 2.45) is 11.8 Å². The molecule has 0 aliphatic carbocycles. The van der Waals surface area contributed by atoms with Gasteiger partial charge in [-0.05, 0) is 24.4 Å². The Labute approximate surface area is 120 Å². The summed E-state index contributed by atoms with van der Waals surface area (Å²) in [6.07, 6.45) is 1.02. The summed E-state index contributed by atoms with van der Waals surface area (Å²) >= 11 is 0. The van der Waals surface area contributed by atoms with Crippen LogP contribution in [0.15, 0.2) is 30.3 Å². The highest BCUT2D eigenvalue weighted by atomic mass is 16.5. The Kier molecular flexibility index (Phi) is 5.56. The number of aliphatic hydroxyl groups is 1. The fourth-order valence-corrected chi connectivity index (χ4v) is 2.56. The third-order valence-electron chi connectivity index (χ3n) is 3.79. The topological polar surface area (TPSA) is 49.8 Å². The fourth-order valence-electron chi connectivity index (χ4n) is 2.56. The average Bonchev–Trinajstić information content (AvgIpc) is 2.93. The van der Waals surface area contributed by atoms with Crippen LogP contribution >= 0.6 is 0 Å². The number of carbonyl (C=O) groups is 1. The molecule has 1 aliphatic heterocycles. The van der Waals surface area contributed by atoms with E-state index in [-0.39, 0.29) is 18.5 Å². The van der Waals surface area contributed by atoms with Crippen LogP contribution in [0.2, 0.25) is 0 Å². The molecule has 2 rings (SSSR count). The van der Waals surface area contributed by atoms with Crippen LogP contribution in [0.5, 0.6) is 0 Å². The van der Waals surface area contributed by atoms with Crippen molar-refractivity contribution in [1.82, 2.24) is 4.90 Å². The van der Waals surface area contributed by atoms with E-state index in [0.717, 1.165) is 25.1 Å². The van der Waals surface area contributed by atoms with Crippen LogP contribution in [-0.4, -0.2) is 42.2 Å². The highest BCUT2D eigenvalue weighted by Crippen LogP contribution is 2.17. The quantitative estimate of drug-likeness (QED) is 0.804. The third-order valence-corrected chi connectivity index (χ3v) is 3.79. The first-order valence-electron chi connectivity index (χ1n) is 7.23. The SMILES string of the molecule is CC(CN1CCC(CO)C1)C(=O)OCc1ccccc1. The van der Waals surface area contributed by atoms with Crippen molar-refractivity contribution < 1.29 is 14.6 Å². The van der Waals surface area contributed by atoms with Crippen LogP contribution in [0.3, 0.4) is 0 Å². The molecule has 0 aromatic heterocycles. The standard InChI is InChI=1S/C16H23NO3/c1-13(9-17-8-7-15(10-17)11-18)16(19)20-12-14-5-3-2-4-6-14/h2-6,13,15,18H,7-12H2,1H3. The van der Waals surface area contributed by atoms with Gasteiger partial charge in [0.15, 0.2) is 0 Å². The maximum absolute atomic E-state index is 12.0. The van der Waals surface area contributed by atoms with Gasteiger partial charge < -0.3 is 14.7 Å². The first-order chi connectivity index (χ1) is 9.69. The number of ether oxygens (including phenoxy) is 1. The number of hydrogen-bond donors (Lipinski definition) is 1.